The topological polar surface area (TPSA) is 84.4 Å². The SMILES string of the molecule is CC(C)CCN1/C(=C\C=C2\SC(=S)N(CC(=O)Cc3ccc4c(c3)C(C)(C)C(/C=C/C=C3/N(CCC(=O)O)c5ccc6ccccc6c5C3(C)C)N4C)C2=O)C(C)(C)c2cc(C(F)(F)F)ccc21. The smallest absolute Gasteiger partial charge is 0.416 e. The number of carboxylic acid groups (broad SMARTS) is 1. The average molecular weight is 961 g/mol. The van der Waals surface area contributed by atoms with Crippen LogP contribution in [0.1, 0.15) is 96.0 Å². The summed E-state index contributed by atoms with van der Waals surface area (Å²) in [6.45, 7) is 17.6. The molecule has 4 aromatic rings. The quantitative estimate of drug-likeness (QED) is 0.104. The molecule has 8 nitrogen and oxygen atoms in total. The molecular weight excluding hydrogens is 902 g/mol. The maximum Gasteiger partial charge on any atom is 0.416 e. The Morgan fingerprint density at radius 2 is 1.50 bits per heavy atom. The predicted octanol–water partition coefficient (Wildman–Crippen LogP) is 12.3. The molecule has 1 atom stereocenters. The van der Waals surface area contributed by atoms with Crippen LogP contribution in [-0.2, 0) is 43.2 Å². The van der Waals surface area contributed by atoms with Gasteiger partial charge in [-0.25, -0.2) is 0 Å². The molecule has 0 aliphatic carbocycles. The fourth-order valence-electron chi connectivity index (χ4n) is 10.7. The molecule has 4 heterocycles. The van der Waals surface area contributed by atoms with E-state index in [0.717, 1.165) is 74.6 Å². The lowest BCUT2D eigenvalue weighted by Gasteiger charge is -2.30. The first-order valence-corrected chi connectivity index (χ1v) is 24.4. The molecular formula is C55H59F3N4O4S2. The molecule has 0 radical (unpaired) electrons. The predicted molar refractivity (Wildman–Crippen MR) is 274 cm³/mol. The summed E-state index contributed by atoms with van der Waals surface area (Å²) in [5.74, 6) is -1.03. The van der Waals surface area contributed by atoms with Crippen molar-refractivity contribution in [2.75, 3.05) is 41.4 Å². The second kappa shape index (κ2) is 18.0. The number of carbonyl (C=O) groups excluding carboxylic acids is 2. The number of anilines is 3. The van der Waals surface area contributed by atoms with E-state index in [1.54, 1.807) is 12.1 Å². The minimum atomic E-state index is -4.48. The number of carbonyl (C=O) groups is 3. The third-order valence-electron chi connectivity index (χ3n) is 14.3. The van der Waals surface area contributed by atoms with Crippen molar-refractivity contribution in [3.05, 3.63) is 147 Å². The van der Waals surface area contributed by atoms with Gasteiger partial charge in [-0.1, -0.05) is 134 Å². The van der Waals surface area contributed by atoms with E-state index in [9.17, 15) is 32.7 Å². The van der Waals surface area contributed by atoms with Crippen molar-refractivity contribution in [1.82, 2.24) is 4.90 Å². The normalized spacial score (nSPS) is 21.1. The van der Waals surface area contributed by atoms with E-state index in [2.05, 4.69) is 118 Å². The van der Waals surface area contributed by atoms with E-state index < -0.39 is 23.1 Å². The van der Waals surface area contributed by atoms with Crippen LogP contribution in [0.15, 0.2) is 119 Å². The summed E-state index contributed by atoms with van der Waals surface area (Å²) in [7, 11) is 2.07. The number of hydrogen-bond donors (Lipinski definition) is 1. The number of ketones is 1. The van der Waals surface area contributed by atoms with Gasteiger partial charge in [-0.05, 0) is 93.9 Å². The van der Waals surface area contributed by atoms with E-state index in [-0.39, 0.29) is 52.3 Å². The average Bonchev–Trinajstić information content (AvgIpc) is 3.82. The van der Waals surface area contributed by atoms with Crippen molar-refractivity contribution in [1.29, 1.82) is 0 Å². The number of allylic oxidation sites excluding steroid dienone is 6. The van der Waals surface area contributed by atoms with Gasteiger partial charge in [-0.2, -0.15) is 13.2 Å². The van der Waals surface area contributed by atoms with Crippen molar-refractivity contribution >= 4 is 73.8 Å². The molecule has 4 aromatic carbocycles. The minimum Gasteiger partial charge on any atom is -0.481 e. The summed E-state index contributed by atoms with van der Waals surface area (Å²) in [6, 6.07) is 22.5. The lowest BCUT2D eigenvalue weighted by Crippen LogP contribution is -2.37. The zero-order valence-corrected chi connectivity index (χ0v) is 41.8. The van der Waals surface area contributed by atoms with Crippen LogP contribution < -0.4 is 14.7 Å². The number of amides is 1. The Hall–Kier alpha value is -5.66. The first kappa shape index (κ1) is 48.8. The molecule has 0 saturated carbocycles. The van der Waals surface area contributed by atoms with Crippen LogP contribution in [0.3, 0.4) is 0 Å². The van der Waals surface area contributed by atoms with E-state index in [1.807, 2.05) is 38.1 Å². The monoisotopic (exact) mass is 960 g/mol. The molecule has 1 amide bonds. The summed E-state index contributed by atoms with van der Waals surface area (Å²) in [6.07, 6.45) is 6.37. The van der Waals surface area contributed by atoms with Gasteiger partial charge in [0.2, 0.25) is 0 Å². The van der Waals surface area contributed by atoms with Crippen LogP contribution >= 0.6 is 24.0 Å². The number of aliphatic carboxylic acids is 1. The van der Waals surface area contributed by atoms with Gasteiger partial charge in [-0.15, -0.1) is 0 Å². The van der Waals surface area contributed by atoms with E-state index in [1.165, 1.54) is 16.5 Å². The van der Waals surface area contributed by atoms with E-state index in [0.29, 0.717) is 29.5 Å². The summed E-state index contributed by atoms with van der Waals surface area (Å²) in [5, 5.41) is 12.0. The number of halogens is 3. The highest BCUT2D eigenvalue weighted by Crippen LogP contribution is 2.52. The van der Waals surface area contributed by atoms with Gasteiger partial charge in [-0.3, -0.25) is 19.3 Å². The molecule has 0 bridgehead atoms. The van der Waals surface area contributed by atoms with Crippen LogP contribution in [0.25, 0.3) is 10.8 Å². The highest BCUT2D eigenvalue weighted by atomic mass is 32.2. The second-order valence-electron chi connectivity index (χ2n) is 20.4. The Kier molecular flexibility index (Phi) is 12.9. The lowest BCUT2D eigenvalue weighted by molar-refractivity contribution is -0.138. The molecule has 4 aliphatic heterocycles. The highest BCUT2D eigenvalue weighted by molar-refractivity contribution is 8.26. The molecule has 1 fully saturated rings. The molecule has 0 spiro atoms. The summed E-state index contributed by atoms with van der Waals surface area (Å²) in [4.78, 5) is 47.5. The van der Waals surface area contributed by atoms with Crippen molar-refractivity contribution in [2.45, 2.75) is 103 Å². The molecule has 356 valence electrons. The highest BCUT2D eigenvalue weighted by Gasteiger charge is 2.45. The molecule has 0 aromatic heterocycles. The van der Waals surface area contributed by atoms with Crippen LogP contribution in [0.2, 0.25) is 0 Å². The van der Waals surface area contributed by atoms with Crippen molar-refractivity contribution in [2.24, 2.45) is 5.92 Å². The van der Waals surface area contributed by atoms with Crippen molar-refractivity contribution in [3.63, 3.8) is 0 Å². The first-order valence-electron chi connectivity index (χ1n) is 23.2. The third-order valence-corrected chi connectivity index (χ3v) is 15.7. The number of carboxylic acids is 1. The number of likely N-dealkylation sites (N-methyl/N-ethyl adjacent to an activating group) is 1. The van der Waals surface area contributed by atoms with Gasteiger partial charge in [0.25, 0.3) is 5.91 Å². The number of hydrogen-bond acceptors (Lipinski definition) is 8. The summed E-state index contributed by atoms with van der Waals surface area (Å²) >= 11 is 6.75. The second-order valence-corrected chi connectivity index (χ2v) is 22.1. The van der Waals surface area contributed by atoms with Gasteiger partial charge in [0.05, 0.1) is 29.5 Å². The van der Waals surface area contributed by atoms with Gasteiger partial charge in [0.1, 0.15) is 4.32 Å². The molecule has 1 N–H and O–H groups in total. The molecule has 13 heteroatoms. The fraction of sp³-hybridized carbons (Fsp3) is 0.382. The minimum absolute atomic E-state index is 0.00661. The van der Waals surface area contributed by atoms with E-state index in [4.69, 9.17) is 12.2 Å². The number of benzene rings is 4. The Morgan fingerprint density at radius 3 is 2.21 bits per heavy atom. The number of thiocarbonyl (C=S) groups is 1. The first-order chi connectivity index (χ1) is 31.9. The van der Waals surface area contributed by atoms with Crippen LogP contribution in [0.4, 0.5) is 30.2 Å². The Labute approximate surface area is 407 Å². The Morgan fingerprint density at radius 1 is 0.824 bits per heavy atom. The van der Waals surface area contributed by atoms with Gasteiger partial charge in [0.15, 0.2) is 5.78 Å². The number of nitrogens with zero attached hydrogens (tertiary/aromatic N) is 4. The lowest BCUT2D eigenvalue weighted by atomic mass is 9.79. The maximum atomic E-state index is 13.8. The van der Waals surface area contributed by atoms with Crippen molar-refractivity contribution < 1.29 is 32.7 Å². The largest absolute Gasteiger partial charge is 0.481 e. The number of rotatable bonds is 13. The Bertz CT molecular complexity index is 2870. The molecule has 1 unspecified atom stereocenters. The van der Waals surface area contributed by atoms with Crippen LogP contribution in [-0.4, -0.2) is 64.7 Å². The molecule has 68 heavy (non-hydrogen) atoms. The fourth-order valence-corrected chi connectivity index (χ4v) is 11.9. The summed E-state index contributed by atoms with van der Waals surface area (Å²) in [5.41, 5.74) is 6.12. The van der Waals surface area contributed by atoms with Crippen LogP contribution in [0.5, 0.6) is 0 Å². The number of alkyl halides is 3. The molecule has 4 aliphatic rings. The van der Waals surface area contributed by atoms with Crippen LogP contribution in [0, 0.1) is 5.92 Å². The van der Waals surface area contributed by atoms with Gasteiger partial charge in [0, 0.05) is 71.3 Å². The van der Waals surface area contributed by atoms with Gasteiger partial charge < -0.3 is 19.8 Å². The molecule has 8 rings (SSSR count). The maximum absolute atomic E-state index is 13.8. The van der Waals surface area contributed by atoms with Gasteiger partial charge >= 0.3 is 12.1 Å². The van der Waals surface area contributed by atoms with E-state index >= 15 is 0 Å². The zero-order valence-electron chi connectivity index (χ0n) is 40.1. The standard InChI is InChI=1S/C55H59F3N4O4S2/c1-33(2)25-27-60-42-22-19-36(55(56,57)58)31-40(42)53(5,6)47(60)24-23-44-50(66)62(51(67)68-44)32-37(63)29-34-17-20-41-39(30-34)52(3,4)45(59(41)9)15-12-16-46-54(7,8)49-38-14-11-10-13-35(38)18-21-43(49)61(46)28-26-48(64)65/h10-24,30-31,33,45H,25-29,32H2,1-9H3,(H,64,65)/b15-12+,44-23+,46-16+,47-24-. The number of fused-ring (bicyclic) bond motifs is 5. The summed E-state index contributed by atoms with van der Waals surface area (Å²) < 4.78 is 41.7. The third kappa shape index (κ3) is 8.81. The number of Topliss-reactive ketones (excluding diaryl/α,β-unsaturated/α-hetero) is 1. The van der Waals surface area contributed by atoms with Crippen molar-refractivity contribution in [3.8, 4) is 0 Å². The zero-order chi connectivity index (χ0) is 49.2. The molecule has 1 saturated heterocycles. The Balaban J connectivity index is 0.974. The number of thioether (sulfide) groups is 1.